The summed E-state index contributed by atoms with van der Waals surface area (Å²) in [6, 6.07) is 3.42. The monoisotopic (exact) mass is 225 g/mol. The molecule has 0 aliphatic rings. The first-order valence-electron chi connectivity index (χ1n) is 4.04. The Morgan fingerprint density at radius 2 is 2.40 bits per heavy atom. The zero-order valence-electron chi connectivity index (χ0n) is 7.54. The molecule has 0 spiro atoms. The molecule has 7 heteroatoms. The lowest BCUT2D eigenvalue weighted by Gasteiger charge is -1.89. The molecule has 0 radical (unpaired) electrons. The van der Waals surface area contributed by atoms with E-state index in [1.807, 2.05) is 0 Å². The molecule has 2 rings (SSSR count). The van der Waals surface area contributed by atoms with Crippen LogP contribution >= 0.6 is 11.8 Å². The third-order valence-corrected chi connectivity index (χ3v) is 2.32. The molecular weight excluding hydrogens is 218 g/mol. The van der Waals surface area contributed by atoms with E-state index in [4.69, 9.17) is 14.6 Å². The lowest BCUT2D eigenvalue weighted by atomic mass is 10.5. The average molecular weight is 225 g/mol. The van der Waals surface area contributed by atoms with Gasteiger partial charge in [-0.2, -0.15) is 0 Å². The minimum atomic E-state index is -0.433. The quantitative estimate of drug-likeness (QED) is 0.777. The summed E-state index contributed by atoms with van der Waals surface area (Å²) in [6.45, 7) is 0. The zero-order valence-corrected chi connectivity index (χ0v) is 8.36. The topological polar surface area (TPSA) is 95.2 Å². The van der Waals surface area contributed by atoms with Gasteiger partial charge in [0.1, 0.15) is 0 Å². The van der Waals surface area contributed by atoms with Gasteiger partial charge in [-0.05, 0) is 12.1 Å². The van der Waals surface area contributed by atoms with Crippen LogP contribution in [0, 0.1) is 0 Å². The summed E-state index contributed by atoms with van der Waals surface area (Å²) in [6.07, 6.45) is 1.51. The van der Waals surface area contributed by atoms with Gasteiger partial charge in [0.15, 0.2) is 5.76 Å². The van der Waals surface area contributed by atoms with E-state index in [2.05, 4.69) is 10.2 Å². The van der Waals surface area contributed by atoms with Crippen LogP contribution in [-0.4, -0.2) is 21.9 Å². The highest BCUT2D eigenvalue weighted by Gasteiger charge is 2.11. The van der Waals surface area contributed by atoms with Crippen LogP contribution in [0.1, 0.15) is 0 Å². The maximum Gasteiger partial charge on any atom is 0.284 e. The highest BCUT2D eigenvalue weighted by molar-refractivity contribution is 7.99. The lowest BCUT2D eigenvalue weighted by molar-refractivity contribution is -0.115. The SMILES string of the molecule is NC(=O)CSc1nnc(-c2ccco2)o1. The number of primary amides is 1. The highest BCUT2D eigenvalue weighted by atomic mass is 32.2. The number of nitrogens with zero attached hydrogens (tertiary/aromatic N) is 2. The van der Waals surface area contributed by atoms with Crippen LogP contribution in [0.2, 0.25) is 0 Å². The number of furan rings is 1. The molecule has 1 amide bonds. The summed E-state index contributed by atoms with van der Waals surface area (Å²) in [5.74, 6) is 0.456. The fourth-order valence-electron chi connectivity index (χ4n) is 0.901. The molecule has 78 valence electrons. The van der Waals surface area contributed by atoms with Gasteiger partial charge in [-0.3, -0.25) is 4.79 Å². The summed E-state index contributed by atoms with van der Waals surface area (Å²) in [5.41, 5.74) is 4.97. The van der Waals surface area contributed by atoms with Crippen LogP contribution in [0.15, 0.2) is 32.5 Å². The van der Waals surface area contributed by atoms with E-state index >= 15 is 0 Å². The van der Waals surface area contributed by atoms with E-state index < -0.39 is 5.91 Å². The van der Waals surface area contributed by atoms with Crippen molar-refractivity contribution in [2.45, 2.75) is 5.22 Å². The van der Waals surface area contributed by atoms with Crippen molar-refractivity contribution >= 4 is 17.7 Å². The minimum absolute atomic E-state index is 0.111. The fourth-order valence-corrected chi connectivity index (χ4v) is 1.40. The first-order valence-corrected chi connectivity index (χ1v) is 5.03. The maximum atomic E-state index is 10.5. The molecule has 15 heavy (non-hydrogen) atoms. The molecule has 2 aromatic rings. The molecule has 6 nitrogen and oxygen atoms in total. The van der Waals surface area contributed by atoms with Crippen molar-refractivity contribution in [1.82, 2.24) is 10.2 Å². The number of hydrogen-bond acceptors (Lipinski definition) is 6. The molecule has 2 heterocycles. The number of rotatable bonds is 4. The van der Waals surface area contributed by atoms with E-state index in [0.717, 1.165) is 11.8 Å². The number of nitrogens with two attached hydrogens (primary N) is 1. The summed E-state index contributed by atoms with van der Waals surface area (Å²) in [5, 5.41) is 7.77. The smallest absolute Gasteiger partial charge is 0.284 e. The van der Waals surface area contributed by atoms with Crippen LogP contribution in [0.5, 0.6) is 0 Å². The molecule has 0 aliphatic carbocycles. The van der Waals surface area contributed by atoms with Gasteiger partial charge in [-0.1, -0.05) is 11.8 Å². The Balaban J connectivity index is 2.08. The van der Waals surface area contributed by atoms with Gasteiger partial charge in [0.05, 0.1) is 12.0 Å². The first-order chi connectivity index (χ1) is 7.25. The Morgan fingerprint density at radius 3 is 3.07 bits per heavy atom. The van der Waals surface area contributed by atoms with E-state index in [9.17, 15) is 4.79 Å². The maximum absolute atomic E-state index is 10.5. The molecule has 0 unspecified atom stereocenters. The number of carbonyl (C=O) groups is 1. The second kappa shape index (κ2) is 4.18. The van der Waals surface area contributed by atoms with E-state index in [0.29, 0.717) is 11.0 Å². The van der Waals surface area contributed by atoms with E-state index in [1.165, 1.54) is 6.26 Å². The molecule has 0 aromatic carbocycles. The molecule has 0 bridgehead atoms. The van der Waals surface area contributed by atoms with Gasteiger partial charge >= 0.3 is 0 Å². The summed E-state index contributed by atoms with van der Waals surface area (Å²) in [7, 11) is 0. The molecule has 0 atom stereocenters. The van der Waals surface area contributed by atoms with Crippen LogP contribution in [0.3, 0.4) is 0 Å². The second-order valence-electron chi connectivity index (χ2n) is 2.61. The standard InChI is InChI=1S/C8H7N3O3S/c9-6(12)4-15-8-11-10-7(14-8)5-2-1-3-13-5/h1-3H,4H2,(H2,9,12). The summed E-state index contributed by atoms with van der Waals surface area (Å²) in [4.78, 5) is 10.5. The number of carbonyl (C=O) groups excluding carboxylic acids is 1. The fraction of sp³-hybridized carbons (Fsp3) is 0.125. The lowest BCUT2D eigenvalue weighted by Crippen LogP contribution is -2.12. The normalized spacial score (nSPS) is 10.4. The number of amides is 1. The van der Waals surface area contributed by atoms with E-state index in [-0.39, 0.29) is 11.6 Å². The van der Waals surface area contributed by atoms with Crippen molar-refractivity contribution in [3.63, 3.8) is 0 Å². The van der Waals surface area contributed by atoms with Crippen LogP contribution in [0.4, 0.5) is 0 Å². The Bertz CT molecular complexity index is 451. The Kier molecular flexibility index (Phi) is 2.72. The van der Waals surface area contributed by atoms with Gasteiger partial charge in [0, 0.05) is 0 Å². The van der Waals surface area contributed by atoms with Gasteiger partial charge in [-0.25, -0.2) is 0 Å². The Labute approximate surface area is 88.8 Å². The Morgan fingerprint density at radius 1 is 1.53 bits per heavy atom. The van der Waals surface area contributed by atoms with Gasteiger partial charge < -0.3 is 14.6 Å². The highest BCUT2D eigenvalue weighted by Crippen LogP contribution is 2.22. The van der Waals surface area contributed by atoms with Crippen LogP contribution < -0.4 is 5.73 Å². The first kappa shape index (κ1) is 9.78. The number of thioether (sulfide) groups is 1. The average Bonchev–Trinajstić information content (AvgIpc) is 2.85. The van der Waals surface area contributed by atoms with E-state index in [1.54, 1.807) is 12.1 Å². The molecule has 2 N–H and O–H groups in total. The molecule has 0 aliphatic heterocycles. The second-order valence-corrected chi connectivity index (χ2v) is 3.53. The van der Waals surface area contributed by atoms with Crippen molar-refractivity contribution in [3.8, 4) is 11.7 Å². The molecule has 0 saturated carbocycles. The summed E-state index contributed by atoms with van der Waals surface area (Å²) >= 11 is 1.09. The third kappa shape index (κ3) is 2.38. The molecule has 0 saturated heterocycles. The van der Waals surface area contributed by atoms with Gasteiger partial charge in [0.2, 0.25) is 5.91 Å². The molecule has 0 fully saturated rings. The minimum Gasteiger partial charge on any atom is -0.459 e. The van der Waals surface area contributed by atoms with Crippen molar-refractivity contribution in [1.29, 1.82) is 0 Å². The molecule has 2 aromatic heterocycles. The summed E-state index contributed by atoms with van der Waals surface area (Å²) < 4.78 is 10.3. The van der Waals surface area contributed by atoms with Gasteiger partial charge in [-0.15, -0.1) is 10.2 Å². The zero-order chi connectivity index (χ0) is 10.7. The molecular formula is C8H7N3O3S. The van der Waals surface area contributed by atoms with Gasteiger partial charge in [0.25, 0.3) is 11.1 Å². The predicted octanol–water partition coefficient (Wildman–Crippen LogP) is 0.907. The van der Waals surface area contributed by atoms with Crippen molar-refractivity contribution in [2.24, 2.45) is 5.73 Å². The largest absolute Gasteiger partial charge is 0.459 e. The number of hydrogen-bond donors (Lipinski definition) is 1. The van der Waals surface area contributed by atoms with Crippen LogP contribution in [0.25, 0.3) is 11.7 Å². The van der Waals surface area contributed by atoms with Crippen molar-refractivity contribution < 1.29 is 13.6 Å². The van der Waals surface area contributed by atoms with Crippen molar-refractivity contribution in [3.05, 3.63) is 18.4 Å². The number of aromatic nitrogens is 2. The Hall–Kier alpha value is -1.76. The third-order valence-electron chi connectivity index (χ3n) is 1.48. The van der Waals surface area contributed by atoms with Crippen LogP contribution in [-0.2, 0) is 4.79 Å². The van der Waals surface area contributed by atoms with Crippen molar-refractivity contribution in [2.75, 3.05) is 5.75 Å². The predicted molar refractivity (Wildman–Crippen MR) is 51.9 cm³/mol.